The highest BCUT2D eigenvalue weighted by Gasteiger charge is 2.29. The van der Waals surface area contributed by atoms with Gasteiger partial charge >= 0.3 is 12.1 Å². The number of fused-ring (bicyclic) bond motifs is 3. The number of alkyl carbamates (subject to hydrolysis) is 1. The Balaban J connectivity index is 1.68. The summed E-state index contributed by atoms with van der Waals surface area (Å²) in [6.07, 6.45) is -1.04. The van der Waals surface area contributed by atoms with Crippen LogP contribution in [-0.2, 0) is 9.53 Å². The van der Waals surface area contributed by atoms with Gasteiger partial charge in [-0.25, -0.2) is 4.79 Å². The van der Waals surface area contributed by atoms with Crippen LogP contribution in [0, 0.1) is 0 Å². The number of nitrogens with one attached hydrogen (secondary N) is 1. The van der Waals surface area contributed by atoms with Crippen LogP contribution in [0.25, 0.3) is 11.1 Å². The quantitative estimate of drug-likeness (QED) is 0.371. The van der Waals surface area contributed by atoms with Crippen LogP contribution in [0.4, 0.5) is 4.79 Å². The van der Waals surface area contributed by atoms with Crippen LogP contribution < -0.4 is 5.32 Å². The molecule has 0 aromatic heterocycles. The molecule has 0 fully saturated rings. The number of carboxylic acid groups (broad SMARTS) is 1. The predicted octanol–water partition coefficient (Wildman–Crippen LogP) is 3.79. The van der Waals surface area contributed by atoms with Crippen molar-refractivity contribution in [1.29, 1.82) is 0 Å². The normalized spacial score (nSPS) is 14.1. The lowest BCUT2D eigenvalue weighted by Crippen LogP contribution is -2.40. The molecule has 0 spiro atoms. The summed E-state index contributed by atoms with van der Waals surface area (Å²) in [5, 5.41) is 22.6. The Morgan fingerprint density at radius 2 is 1.68 bits per heavy atom. The number of ether oxygens (including phenoxy) is 1. The van der Waals surface area contributed by atoms with Crippen LogP contribution in [0.2, 0.25) is 0 Å². The van der Waals surface area contributed by atoms with E-state index in [0.29, 0.717) is 0 Å². The lowest BCUT2D eigenvalue weighted by Gasteiger charge is -2.18. The predicted molar refractivity (Wildman–Crippen MR) is 104 cm³/mol. The first-order valence-corrected chi connectivity index (χ1v) is 9.09. The van der Waals surface area contributed by atoms with E-state index in [1.165, 1.54) is 0 Å². The van der Waals surface area contributed by atoms with E-state index in [2.05, 4.69) is 10.5 Å². The van der Waals surface area contributed by atoms with Crippen molar-refractivity contribution >= 4 is 28.8 Å². The van der Waals surface area contributed by atoms with Crippen molar-refractivity contribution in [3.8, 4) is 11.1 Å². The van der Waals surface area contributed by atoms with E-state index in [0.717, 1.165) is 22.3 Å². The van der Waals surface area contributed by atoms with Gasteiger partial charge in [-0.2, -0.15) is 0 Å². The number of carbonyl (C=O) groups is 2. The lowest BCUT2D eigenvalue weighted by molar-refractivity contribution is -0.137. The van der Waals surface area contributed by atoms with Crippen LogP contribution in [0.5, 0.6) is 0 Å². The van der Waals surface area contributed by atoms with Crippen LogP contribution >= 0.6 is 11.6 Å². The third kappa shape index (κ3) is 4.26. The Kier molecular flexibility index (Phi) is 6.16. The molecule has 2 aromatic carbocycles. The molecule has 0 bridgehead atoms. The van der Waals surface area contributed by atoms with E-state index in [1.807, 2.05) is 48.5 Å². The van der Waals surface area contributed by atoms with Gasteiger partial charge in [0.25, 0.3) is 0 Å². The minimum atomic E-state index is -1.05. The summed E-state index contributed by atoms with van der Waals surface area (Å²) in [6.45, 7) is 0.111. The fourth-order valence-corrected chi connectivity index (χ4v) is 3.53. The van der Waals surface area contributed by atoms with Crippen LogP contribution in [0.15, 0.2) is 53.7 Å². The van der Waals surface area contributed by atoms with E-state index >= 15 is 0 Å². The van der Waals surface area contributed by atoms with E-state index in [1.54, 1.807) is 0 Å². The van der Waals surface area contributed by atoms with Crippen molar-refractivity contribution in [3.05, 3.63) is 59.7 Å². The lowest BCUT2D eigenvalue weighted by atomic mass is 9.98. The minimum Gasteiger partial charge on any atom is -0.481 e. The molecular weight excluding hydrogens is 384 g/mol. The fraction of sp³-hybridized carbons (Fsp3) is 0.250. The maximum absolute atomic E-state index is 12.2. The molecule has 8 heteroatoms. The average Bonchev–Trinajstić information content (AvgIpc) is 3.02. The van der Waals surface area contributed by atoms with Gasteiger partial charge in [0.1, 0.15) is 6.61 Å². The monoisotopic (exact) mass is 402 g/mol. The summed E-state index contributed by atoms with van der Waals surface area (Å²) < 4.78 is 5.38. The molecule has 0 radical (unpaired) electrons. The Hall–Kier alpha value is -3.06. The largest absolute Gasteiger partial charge is 0.481 e. The van der Waals surface area contributed by atoms with Crippen molar-refractivity contribution < 1.29 is 24.6 Å². The third-order valence-electron chi connectivity index (χ3n) is 4.67. The zero-order chi connectivity index (χ0) is 20.1. The molecule has 7 nitrogen and oxygen atoms in total. The number of carbonyl (C=O) groups excluding carboxylic acids is 1. The Bertz CT molecular complexity index is 869. The van der Waals surface area contributed by atoms with E-state index in [4.69, 9.17) is 26.7 Å². The van der Waals surface area contributed by atoms with Gasteiger partial charge < -0.3 is 20.4 Å². The molecule has 3 N–H and O–H groups in total. The van der Waals surface area contributed by atoms with Crippen LogP contribution in [-0.4, -0.2) is 40.2 Å². The number of carboxylic acids is 1. The molecule has 1 atom stereocenters. The highest BCUT2D eigenvalue weighted by Crippen LogP contribution is 2.44. The van der Waals surface area contributed by atoms with Gasteiger partial charge in [0.2, 0.25) is 0 Å². The zero-order valence-electron chi connectivity index (χ0n) is 14.8. The first-order valence-electron chi connectivity index (χ1n) is 8.72. The van der Waals surface area contributed by atoms with E-state index in [9.17, 15) is 9.59 Å². The molecule has 3 rings (SSSR count). The maximum Gasteiger partial charge on any atom is 0.407 e. The summed E-state index contributed by atoms with van der Waals surface area (Å²) >= 11 is 5.76. The number of hydrogen-bond acceptors (Lipinski definition) is 5. The molecule has 2 aromatic rings. The molecule has 0 aliphatic heterocycles. The summed E-state index contributed by atoms with van der Waals surface area (Å²) in [4.78, 5) is 23.0. The molecule has 146 valence electrons. The Labute approximate surface area is 166 Å². The molecule has 0 saturated heterocycles. The molecule has 0 unspecified atom stereocenters. The Morgan fingerprint density at radius 1 is 1.11 bits per heavy atom. The number of benzene rings is 2. The average molecular weight is 403 g/mol. The molecule has 1 aliphatic rings. The van der Waals surface area contributed by atoms with Gasteiger partial charge in [0.15, 0.2) is 5.17 Å². The maximum atomic E-state index is 12.2. The summed E-state index contributed by atoms with van der Waals surface area (Å²) in [5.41, 5.74) is 4.38. The second kappa shape index (κ2) is 8.75. The number of oxime groups is 1. The molecule has 1 amide bonds. The van der Waals surface area contributed by atoms with Gasteiger partial charge in [-0.05, 0) is 28.7 Å². The fourth-order valence-electron chi connectivity index (χ4n) is 3.37. The van der Waals surface area contributed by atoms with Gasteiger partial charge in [0.05, 0.1) is 6.04 Å². The van der Waals surface area contributed by atoms with Crippen molar-refractivity contribution in [2.75, 3.05) is 6.61 Å². The number of amides is 1. The third-order valence-corrected chi connectivity index (χ3v) is 5.00. The first-order chi connectivity index (χ1) is 13.5. The van der Waals surface area contributed by atoms with Crippen molar-refractivity contribution in [1.82, 2.24) is 5.32 Å². The smallest absolute Gasteiger partial charge is 0.407 e. The van der Waals surface area contributed by atoms with Crippen LogP contribution in [0.1, 0.15) is 29.9 Å². The number of aliphatic carboxylic acids is 1. The number of nitrogens with zero attached hydrogens (tertiary/aromatic N) is 1. The van der Waals surface area contributed by atoms with Gasteiger partial charge in [0, 0.05) is 12.3 Å². The minimum absolute atomic E-state index is 0.0254. The molecule has 0 heterocycles. The molecule has 0 saturated carbocycles. The van der Waals surface area contributed by atoms with E-state index in [-0.39, 0.29) is 30.5 Å². The first kappa shape index (κ1) is 19.7. The second-order valence-corrected chi connectivity index (χ2v) is 6.76. The Morgan fingerprint density at radius 3 is 2.21 bits per heavy atom. The summed E-state index contributed by atoms with van der Waals surface area (Å²) in [5.74, 6) is -1.15. The van der Waals surface area contributed by atoms with Crippen molar-refractivity contribution in [2.24, 2.45) is 5.16 Å². The molecular formula is C20H19ClN2O5. The zero-order valence-corrected chi connectivity index (χ0v) is 15.6. The van der Waals surface area contributed by atoms with Gasteiger partial charge in [-0.15, -0.1) is 0 Å². The van der Waals surface area contributed by atoms with Gasteiger partial charge in [-0.1, -0.05) is 65.3 Å². The van der Waals surface area contributed by atoms with Gasteiger partial charge in [-0.3, -0.25) is 4.79 Å². The summed E-state index contributed by atoms with van der Waals surface area (Å²) in [7, 11) is 0. The van der Waals surface area contributed by atoms with Crippen LogP contribution in [0.3, 0.4) is 0 Å². The second-order valence-electron chi connectivity index (χ2n) is 6.38. The molecule has 1 aliphatic carbocycles. The highest BCUT2D eigenvalue weighted by molar-refractivity contribution is 6.66. The topological polar surface area (TPSA) is 108 Å². The SMILES string of the molecule is O=C(O)CC[C@H](NC(=O)OCC1c2ccccc2-c2ccccc21)C(Cl)=NO. The van der Waals surface area contributed by atoms with Crippen molar-refractivity contribution in [2.45, 2.75) is 24.8 Å². The number of hydrogen-bond donors (Lipinski definition) is 3. The van der Waals surface area contributed by atoms with E-state index < -0.39 is 18.1 Å². The molecule has 28 heavy (non-hydrogen) atoms. The standard InChI is InChI=1S/C20H19ClN2O5/c21-19(23-27)17(9-10-18(24)25)22-20(26)28-11-16-14-7-3-1-5-12(14)13-6-2-4-8-15(13)16/h1-8,16-17,27H,9-11H2,(H,22,26)(H,24,25)/t17-/m0/s1. The highest BCUT2D eigenvalue weighted by atomic mass is 35.5. The number of rotatable bonds is 7. The van der Waals surface area contributed by atoms with Crippen molar-refractivity contribution in [3.63, 3.8) is 0 Å². The number of halogens is 1. The summed E-state index contributed by atoms with van der Waals surface area (Å²) in [6, 6.07) is 15.0.